The summed E-state index contributed by atoms with van der Waals surface area (Å²) in [6.07, 6.45) is 7.81. The van der Waals surface area contributed by atoms with Gasteiger partial charge in [-0.2, -0.15) is 10.1 Å². The van der Waals surface area contributed by atoms with E-state index in [9.17, 15) is 9.59 Å². The fourth-order valence-electron chi connectivity index (χ4n) is 3.88. The van der Waals surface area contributed by atoms with E-state index in [4.69, 9.17) is 0 Å². The summed E-state index contributed by atoms with van der Waals surface area (Å²) >= 11 is 3.40. The van der Waals surface area contributed by atoms with Crippen molar-refractivity contribution in [3.63, 3.8) is 0 Å². The van der Waals surface area contributed by atoms with E-state index in [1.807, 2.05) is 24.3 Å². The van der Waals surface area contributed by atoms with Crippen LogP contribution in [0.4, 0.5) is 0 Å². The average molecular weight is 359 g/mol. The van der Waals surface area contributed by atoms with E-state index in [1.165, 1.54) is 0 Å². The Hall–Kier alpha value is -1.75. The molecule has 1 aromatic rings. The number of nitrogens with zero attached hydrogens (tertiary/aromatic N) is 2. The summed E-state index contributed by atoms with van der Waals surface area (Å²) in [6.45, 7) is 0. The van der Waals surface area contributed by atoms with Crippen LogP contribution in [-0.2, 0) is 9.59 Å². The van der Waals surface area contributed by atoms with Gasteiger partial charge in [0.05, 0.1) is 18.1 Å². The van der Waals surface area contributed by atoms with Gasteiger partial charge in [-0.25, -0.2) is 0 Å². The molecule has 2 amide bonds. The number of amides is 2. The molecular formula is C17H15BrN2O2. The van der Waals surface area contributed by atoms with Gasteiger partial charge < -0.3 is 0 Å². The Morgan fingerprint density at radius 2 is 1.73 bits per heavy atom. The van der Waals surface area contributed by atoms with Crippen molar-refractivity contribution < 1.29 is 9.59 Å². The summed E-state index contributed by atoms with van der Waals surface area (Å²) in [4.78, 5) is 25.2. The minimum absolute atomic E-state index is 0.139. The first-order valence-corrected chi connectivity index (χ1v) is 8.30. The number of fused-ring (bicyclic) bond motifs is 1. The lowest BCUT2D eigenvalue weighted by atomic mass is 9.63. The van der Waals surface area contributed by atoms with Gasteiger partial charge in [0.15, 0.2) is 0 Å². The highest BCUT2D eigenvalue weighted by atomic mass is 79.9. The molecule has 0 aromatic heterocycles. The van der Waals surface area contributed by atoms with E-state index in [-0.39, 0.29) is 35.5 Å². The summed E-state index contributed by atoms with van der Waals surface area (Å²) in [5.74, 6) is -0.262. The van der Waals surface area contributed by atoms with Gasteiger partial charge in [-0.3, -0.25) is 9.59 Å². The van der Waals surface area contributed by atoms with Crippen LogP contribution in [0.25, 0.3) is 0 Å². The smallest absolute Gasteiger partial charge is 0.254 e. The molecule has 112 valence electrons. The van der Waals surface area contributed by atoms with Crippen LogP contribution in [0, 0.1) is 23.7 Å². The molecule has 0 radical (unpaired) electrons. The highest BCUT2D eigenvalue weighted by Crippen LogP contribution is 2.49. The average Bonchev–Trinajstić information content (AvgIpc) is 2.80. The van der Waals surface area contributed by atoms with Crippen molar-refractivity contribution in [2.75, 3.05) is 0 Å². The Labute approximate surface area is 137 Å². The summed E-state index contributed by atoms with van der Waals surface area (Å²) in [6, 6.07) is 7.59. The van der Waals surface area contributed by atoms with Crippen molar-refractivity contribution in [2.45, 2.75) is 12.8 Å². The van der Waals surface area contributed by atoms with Crippen molar-refractivity contribution in [3.8, 4) is 0 Å². The van der Waals surface area contributed by atoms with Gasteiger partial charge >= 0.3 is 0 Å². The lowest BCUT2D eigenvalue weighted by Gasteiger charge is -2.37. The van der Waals surface area contributed by atoms with E-state index >= 15 is 0 Å². The highest BCUT2D eigenvalue weighted by molar-refractivity contribution is 9.10. The molecule has 3 aliphatic carbocycles. The second-order valence-corrected chi connectivity index (χ2v) is 7.05. The fraction of sp³-hybridized carbons (Fsp3) is 0.353. The van der Waals surface area contributed by atoms with Gasteiger partial charge in [-0.15, -0.1) is 0 Å². The van der Waals surface area contributed by atoms with E-state index in [0.29, 0.717) is 0 Å². The number of hydrogen-bond acceptors (Lipinski definition) is 3. The molecule has 1 heterocycles. The number of halogens is 1. The predicted molar refractivity (Wildman–Crippen MR) is 85.9 cm³/mol. The number of hydrazone groups is 1. The zero-order valence-electron chi connectivity index (χ0n) is 11.9. The largest absolute Gasteiger partial charge is 0.272 e. The lowest BCUT2D eigenvalue weighted by Crippen LogP contribution is -2.38. The molecule has 22 heavy (non-hydrogen) atoms. The zero-order chi connectivity index (χ0) is 15.3. The molecule has 0 spiro atoms. The summed E-state index contributed by atoms with van der Waals surface area (Å²) in [7, 11) is 0. The van der Waals surface area contributed by atoms with Gasteiger partial charge in [-0.1, -0.05) is 40.2 Å². The molecule has 5 rings (SSSR count). The minimum atomic E-state index is -0.198. The zero-order valence-corrected chi connectivity index (χ0v) is 13.4. The summed E-state index contributed by atoms with van der Waals surface area (Å²) in [5.41, 5.74) is 0.853. The Bertz CT molecular complexity index is 680. The van der Waals surface area contributed by atoms with Gasteiger partial charge in [0.2, 0.25) is 0 Å². The third kappa shape index (κ3) is 2.07. The van der Waals surface area contributed by atoms with Crippen LogP contribution >= 0.6 is 15.9 Å². The van der Waals surface area contributed by atoms with Crippen LogP contribution in [0.5, 0.6) is 0 Å². The Morgan fingerprint density at radius 3 is 2.27 bits per heavy atom. The van der Waals surface area contributed by atoms with Crippen LogP contribution in [0.15, 0.2) is 46.0 Å². The van der Waals surface area contributed by atoms with Crippen LogP contribution in [0.3, 0.4) is 0 Å². The Morgan fingerprint density at radius 1 is 1.09 bits per heavy atom. The molecule has 1 saturated carbocycles. The van der Waals surface area contributed by atoms with Gasteiger partial charge in [-0.05, 0) is 42.4 Å². The second-order valence-electron chi connectivity index (χ2n) is 6.13. The third-order valence-corrected chi connectivity index (χ3v) is 5.40. The van der Waals surface area contributed by atoms with Crippen LogP contribution in [0.1, 0.15) is 18.4 Å². The van der Waals surface area contributed by atoms with Crippen LogP contribution in [-0.4, -0.2) is 23.0 Å². The maximum Gasteiger partial charge on any atom is 0.254 e. The van der Waals surface area contributed by atoms with Gasteiger partial charge in [0.1, 0.15) is 0 Å². The van der Waals surface area contributed by atoms with Crippen molar-refractivity contribution in [2.24, 2.45) is 28.8 Å². The summed E-state index contributed by atoms with van der Waals surface area (Å²) in [5, 5.41) is 5.27. The van der Waals surface area contributed by atoms with Gasteiger partial charge in [0, 0.05) is 4.47 Å². The molecule has 2 bridgehead atoms. The van der Waals surface area contributed by atoms with Crippen molar-refractivity contribution >= 4 is 34.0 Å². The SMILES string of the molecule is O=C1[C@@H]2[C@H](C(=O)N1/N=C\c1cccc(Br)c1)[C@H]1C=C[C@H]2CC1. The number of carbonyl (C=O) groups is 2. The summed E-state index contributed by atoms with van der Waals surface area (Å²) < 4.78 is 0.937. The number of benzene rings is 1. The Kier molecular flexibility index (Phi) is 3.26. The standard InChI is InChI=1S/C17H15BrN2O2/c18-13-3-1-2-10(8-13)9-19-20-16(21)14-11-4-5-12(7-6-11)15(14)17(20)22/h1-5,8-9,11-12,14-15H,6-7H2/b19-9-/t11-,12-,14-,15+/m0/s1. The molecular weight excluding hydrogens is 344 g/mol. The topological polar surface area (TPSA) is 49.7 Å². The molecule has 5 heteroatoms. The molecule has 1 aromatic carbocycles. The minimum Gasteiger partial charge on any atom is -0.272 e. The molecule has 4 atom stereocenters. The van der Waals surface area contributed by atoms with E-state index in [2.05, 4.69) is 33.2 Å². The maximum absolute atomic E-state index is 12.6. The first-order chi connectivity index (χ1) is 10.6. The van der Waals surface area contributed by atoms with E-state index in [0.717, 1.165) is 27.9 Å². The fourth-order valence-corrected chi connectivity index (χ4v) is 4.30. The number of allylic oxidation sites excluding steroid dienone is 2. The number of carbonyl (C=O) groups excluding carboxylic acids is 2. The van der Waals surface area contributed by atoms with Gasteiger partial charge in [0.25, 0.3) is 11.8 Å². The molecule has 0 N–H and O–H groups in total. The quantitative estimate of drug-likeness (QED) is 0.463. The molecule has 1 saturated heterocycles. The third-order valence-electron chi connectivity index (χ3n) is 4.91. The highest BCUT2D eigenvalue weighted by Gasteiger charge is 2.56. The molecule has 1 aliphatic heterocycles. The number of imide groups is 1. The molecule has 4 aliphatic rings. The van der Waals surface area contributed by atoms with E-state index < -0.39 is 0 Å². The number of rotatable bonds is 2. The monoisotopic (exact) mass is 358 g/mol. The molecule has 0 unspecified atom stereocenters. The molecule has 2 fully saturated rings. The predicted octanol–water partition coefficient (Wildman–Crippen LogP) is 2.98. The van der Waals surface area contributed by atoms with Crippen LogP contribution in [0.2, 0.25) is 0 Å². The van der Waals surface area contributed by atoms with Crippen LogP contribution < -0.4 is 0 Å². The maximum atomic E-state index is 12.6. The Balaban J connectivity index is 1.61. The normalized spacial score (nSPS) is 33.0. The second kappa shape index (κ2) is 5.16. The first kappa shape index (κ1) is 13.9. The molecule has 4 nitrogen and oxygen atoms in total. The first-order valence-electron chi connectivity index (χ1n) is 7.51. The number of hydrogen-bond donors (Lipinski definition) is 0. The van der Waals surface area contributed by atoms with Crippen molar-refractivity contribution in [1.82, 2.24) is 5.01 Å². The lowest BCUT2D eigenvalue weighted by molar-refractivity contribution is -0.140. The van der Waals surface area contributed by atoms with Crippen molar-refractivity contribution in [1.29, 1.82) is 0 Å². The van der Waals surface area contributed by atoms with E-state index in [1.54, 1.807) is 6.21 Å². The van der Waals surface area contributed by atoms with Crippen molar-refractivity contribution in [3.05, 3.63) is 46.5 Å².